The van der Waals surface area contributed by atoms with E-state index in [4.69, 9.17) is 4.84 Å². The molecule has 0 aliphatic carbocycles. The van der Waals surface area contributed by atoms with Crippen molar-refractivity contribution in [1.29, 1.82) is 0 Å². The lowest BCUT2D eigenvalue weighted by Gasteiger charge is -2.29. The second kappa shape index (κ2) is 2.86. The first-order valence-corrected chi connectivity index (χ1v) is 3.88. The molecule has 0 aromatic rings. The van der Waals surface area contributed by atoms with Gasteiger partial charge in [0.1, 0.15) is 0 Å². The van der Waals surface area contributed by atoms with E-state index in [1.807, 2.05) is 0 Å². The Morgan fingerprint density at radius 2 is 1.92 bits per heavy atom. The standard InChI is InChI=1S/C8H13NO3/c1-8(2,3)7(11)12-9-4-6(10)5-9/h4-5H2,1-3H3. The van der Waals surface area contributed by atoms with Gasteiger partial charge < -0.3 is 4.84 Å². The number of hydrogen-bond acceptors (Lipinski definition) is 4. The quantitative estimate of drug-likeness (QED) is 0.572. The maximum absolute atomic E-state index is 11.2. The summed E-state index contributed by atoms with van der Waals surface area (Å²) in [6, 6.07) is 0. The molecule has 0 unspecified atom stereocenters. The van der Waals surface area contributed by atoms with Crippen LogP contribution in [0.25, 0.3) is 0 Å². The summed E-state index contributed by atoms with van der Waals surface area (Å²) in [7, 11) is 0. The Morgan fingerprint density at radius 3 is 2.25 bits per heavy atom. The highest BCUT2D eigenvalue weighted by atomic mass is 16.7. The number of carbonyl (C=O) groups excluding carboxylic acids is 2. The Morgan fingerprint density at radius 1 is 1.42 bits per heavy atom. The summed E-state index contributed by atoms with van der Waals surface area (Å²) < 4.78 is 0. The molecule has 1 heterocycles. The first-order chi connectivity index (χ1) is 5.39. The SMILES string of the molecule is CC(C)(C)C(=O)ON1CC(=O)C1. The Balaban J connectivity index is 2.33. The normalized spacial score (nSPS) is 18.8. The topological polar surface area (TPSA) is 46.6 Å². The molecule has 68 valence electrons. The molecule has 4 nitrogen and oxygen atoms in total. The van der Waals surface area contributed by atoms with Crippen LogP contribution >= 0.6 is 0 Å². The van der Waals surface area contributed by atoms with Crippen molar-refractivity contribution in [3.05, 3.63) is 0 Å². The fourth-order valence-corrected chi connectivity index (χ4v) is 0.666. The van der Waals surface area contributed by atoms with Crippen molar-refractivity contribution in [2.75, 3.05) is 13.1 Å². The minimum Gasteiger partial charge on any atom is -0.367 e. The Labute approximate surface area is 71.4 Å². The summed E-state index contributed by atoms with van der Waals surface area (Å²) >= 11 is 0. The van der Waals surface area contributed by atoms with Crippen LogP contribution in [0.15, 0.2) is 0 Å². The number of carbonyl (C=O) groups is 2. The molecule has 0 spiro atoms. The van der Waals surface area contributed by atoms with Gasteiger partial charge in [-0.2, -0.15) is 0 Å². The number of ketones is 1. The zero-order chi connectivity index (χ0) is 9.35. The molecule has 1 saturated heterocycles. The van der Waals surface area contributed by atoms with Crippen LogP contribution < -0.4 is 0 Å². The van der Waals surface area contributed by atoms with Gasteiger partial charge in [0.25, 0.3) is 0 Å². The van der Waals surface area contributed by atoms with Gasteiger partial charge in [0.15, 0.2) is 5.78 Å². The lowest BCUT2D eigenvalue weighted by atomic mass is 9.98. The van der Waals surface area contributed by atoms with Crippen molar-refractivity contribution in [2.45, 2.75) is 20.8 Å². The highest BCUT2D eigenvalue weighted by Crippen LogP contribution is 2.17. The average Bonchev–Trinajstić information content (AvgIpc) is 1.82. The number of hydroxylamine groups is 2. The molecule has 12 heavy (non-hydrogen) atoms. The monoisotopic (exact) mass is 171 g/mol. The predicted octanol–water partition coefficient (Wildman–Crippen LogP) is 0.375. The van der Waals surface area contributed by atoms with Crippen molar-refractivity contribution in [1.82, 2.24) is 5.06 Å². The van der Waals surface area contributed by atoms with Gasteiger partial charge in [-0.3, -0.25) is 4.79 Å². The maximum atomic E-state index is 11.2. The van der Waals surface area contributed by atoms with E-state index in [0.717, 1.165) is 0 Å². The second-order valence-corrected chi connectivity index (χ2v) is 3.97. The molecule has 0 radical (unpaired) electrons. The molecule has 1 aliphatic heterocycles. The summed E-state index contributed by atoms with van der Waals surface area (Å²) in [5, 5.41) is 1.37. The van der Waals surface area contributed by atoms with Crippen LogP contribution in [0.1, 0.15) is 20.8 Å². The number of hydrogen-bond donors (Lipinski definition) is 0. The highest BCUT2D eigenvalue weighted by molar-refractivity contribution is 5.88. The van der Waals surface area contributed by atoms with Crippen molar-refractivity contribution >= 4 is 11.8 Å². The molecular formula is C8H13NO3. The zero-order valence-electron chi connectivity index (χ0n) is 7.59. The smallest absolute Gasteiger partial charge is 0.330 e. The van der Waals surface area contributed by atoms with Gasteiger partial charge in [0, 0.05) is 0 Å². The first kappa shape index (κ1) is 9.19. The second-order valence-electron chi connectivity index (χ2n) is 3.97. The van der Waals surface area contributed by atoms with E-state index in [2.05, 4.69) is 0 Å². The molecule has 1 fully saturated rings. The molecule has 1 aliphatic rings. The Bertz CT molecular complexity index is 209. The van der Waals surface area contributed by atoms with E-state index in [1.54, 1.807) is 20.8 Å². The number of Topliss-reactive ketones (excluding diaryl/α,β-unsaturated/α-hetero) is 1. The van der Waals surface area contributed by atoms with Crippen molar-refractivity contribution < 1.29 is 14.4 Å². The van der Waals surface area contributed by atoms with Gasteiger partial charge in [0.05, 0.1) is 18.5 Å². The summed E-state index contributed by atoms with van der Waals surface area (Å²) in [5.74, 6) is -0.188. The molecule has 0 amide bonds. The third kappa shape index (κ3) is 2.04. The van der Waals surface area contributed by atoms with Crippen molar-refractivity contribution in [2.24, 2.45) is 5.41 Å². The molecule has 1 rings (SSSR count). The molecular weight excluding hydrogens is 158 g/mol. The van der Waals surface area contributed by atoms with Gasteiger partial charge in [0.2, 0.25) is 0 Å². The van der Waals surface area contributed by atoms with E-state index in [-0.39, 0.29) is 24.8 Å². The molecule has 0 aromatic carbocycles. The third-order valence-corrected chi connectivity index (χ3v) is 1.53. The lowest BCUT2D eigenvalue weighted by molar-refractivity contribution is -0.213. The number of rotatable bonds is 1. The number of nitrogens with zero attached hydrogens (tertiary/aromatic N) is 1. The predicted molar refractivity (Wildman–Crippen MR) is 42.1 cm³/mol. The maximum Gasteiger partial charge on any atom is 0.330 e. The summed E-state index contributed by atoms with van der Waals surface area (Å²) in [5.41, 5.74) is -0.501. The van der Waals surface area contributed by atoms with Gasteiger partial charge >= 0.3 is 5.97 Å². The Hall–Kier alpha value is -0.900. The van der Waals surface area contributed by atoms with Crippen LogP contribution in [0.5, 0.6) is 0 Å². The summed E-state index contributed by atoms with van der Waals surface area (Å²) in [6.07, 6.45) is 0. The minimum absolute atomic E-state index is 0.108. The van der Waals surface area contributed by atoms with Crippen LogP contribution in [-0.4, -0.2) is 29.9 Å². The van der Waals surface area contributed by atoms with Crippen LogP contribution in [0, 0.1) is 5.41 Å². The Kier molecular flexibility index (Phi) is 2.19. The van der Waals surface area contributed by atoms with E-state index in [9.17, 15) is 9.59 Å². The zero-order valence-corrected chi connectivity index (χ0v) is 7.59. The lowest BCUT2D eigenvalue weighted by Crippen LogP contribution is -2.49. The van der Waals surface area contributed by atoms with Crippen molar-refractivity contribution in [3.8, 4) is 0 Å². The highest BCUT2D eigenvalue weighted by Gasteiger charge is 2.31. The van der Waals surface area contributed by atoms with E-state index in [1.165, 1.54) is 5.06 Å². The third-order valence-electron chi connectivity index (χ3n) is 1.53. The molecule has 0 aromatic heterocycles. The fraction of sp³-hybridized carbons (Fsp3) is 0.750. The average molecular weight is 171 g/mol. The van der Waals surface area contributed by atoms with Gasteiger partial charge in [-0.1, -0.05) is 0 Å². The molecule has 0 saturated carbocycles. The summed E-state index contributed by atoms with van der Waals surface area (Å²) in [6.45, 7) is 5.80. The summed E-state index contributed by atoms with van der Waals surface area (Å²) in [4.78, 5) is 26.6. The first-order valence-electron chi connectivity index (χ1n) is 3.88. The van der Waals surface area contributed by atoms with E-state index >= 15 is 0 Å². The fourth-order valence-electron chi connectivity index (χ4n) is 0.666. The molecule has 0 bridgehead atoms. The van der Waals surface area contributed by atoms with Crippen LogP contribution in [0.2, 0.25) is 0 Å². The van der Waals surface area contributed by atoms with Crippen LogP contribution in [0.4, 0.5) is 0 Å². The largest absolute Gasteiger partial charge is 0.367 e. The van der Waals surface area contributed by atoms with Gasteiger partial charge in [-0.25, -0.2) is 4.79 Å². The van der Waals surface area contributed by atoms with Gasteiger partial charge in [-0.15, -0.1) is 5.06 Å². The van der Waals surface area contributed by atoms with Crippen LogP contribution in [-0.2, 0) is 14.4 Å². The molecule has 4 heteroatoms. The van der Waals surface area contributed by atoms with Crippen LogP contribution in [0.3, 0.4) is 0 Å². The van der Waals surface area contributed by atoms with Crippen molar-refractivity contribution in [3.63, 3.8) is 0 Å². The molecule has 0 N–H and O–H groups in total. The van der Waals surface area contributed by atoms with Gasteiger partial charge in [-0.05, 0) is 20.8 Å². The van der Waals surface area contributed by atoms with E-state index < -0.39 is 5.41 Å². The molecule has 0 atom stereocenters. The minimum atomic E-state index is -0.501. The van der Waals surface area contributed by atoms with E-state index in [0.29, 0.717) is 0 Å².